The van der Waals surface area contributed by atoms with Crippen LogP contribution in [0.25, 0.3) is 0 Å². The van der Waals surface area contributed by atoms with Crippen molar-refractivity contribution in [3.8, 4) is 0 Å². The number of alkyl carbamates (subject to hydrolysis) is 1. The summed E-state index contributed by atoms with van der Waals surface area (Å²) in [6.07, 6.45) is -2.35. The van der Waals surface area contributed by atoms with E-state index in [-0.39, 0.29) is 6.61 Å². The van der Waals surface area contributed by atoms with Crippen LogP contribution in [0.3, 0.4) is 0 Å². The Morgan fingerprint density at radius 3 is 2.16 bits per heavy atom. The van der Waals surface area contributed by atoms with Crippen LogP contribution in [0.15, 0.2) is 30.3 Å². The molecule has 1 aromatic carbocycles. The molecule has 0 spiro atoms. The predicted molar refractivity (Wildman–Crippen MR) is 88.9 cm³/mol. The second kappa shape index (κ2) is 8.64. The molecule has 6 nitrogen and oxygen atoms in total. The Labute approximate surface area is 145 Å². The molecule has 0 radical (unpaired) electrons. The summed E-state index contributed by atoms with van der Waals surface area (Å²) in [6, 6.07) is 8.89. The number of nitrogens with one attached hydrogen (secondary N) is 1. The van der Waals surface area contributed by atoms with Crippen molar-refractivity contribution in [2.75, 3.05) is 19.9 Å². The van der Waals surface area contributed by atoms with Gasteiger partial charge in [0.25, 0.3) is 0 Å². The number of hydrogen-bond donors (Lipinski definition) is 2. The first-order valence-electron chi connectivity index (χ1n) is 7.76. The molecule has 0 saturated carbocycles. The van der Waals surface area contributed by atoms with Crippen molar-refractivity contribution in [2.45, 2.75) is 38.5 Å². The minimum atomic E-state index is -2.02. The fraction of sp³-hybridized carbons (Fsp3) is 0.529. The van der Waals surface area contributed by atoms with E-state index >= 15 is 0 Å². The lowest BCUT2D eigenvalue weighted by atomic mass is 9.93. The van der Waals surface area contributed by atoms with Gasteiger partial charge in [0.2, 0.25) is 0 Å². The first-order chi connectivity index (χ1) is 11.7. The number of carboxylic acid groups (broad SMARTS) is 1. The Balaban J connectivity index is 2.76. The third-order valence-corrected chi connectivity index (χ3v) is 3.61. The number of ether oxygens (including phenoxy) is 1. The van der Waals surface area contributed by atoms with Crippen LogP contribution in [0.4, 0.5) is 18.4 Å². The number of carbonyl (C=O) groups excluding carboxylic acids is 1. The van der Waals surface area contributed by atoms with Crippen molar-refractivity contribution in [3.63, 3.8) is 0 Å². The van der Waals surface area contributed by atoms with Crippen molar-refractivity contribution in [1.82, 2.24) is 10.2 Å². The molecule has 0 aliphatic heterocycles. The number of nitrogens with zero attached hydrogens (tertiary/aromatic N) is 1. The van der Waals surface area contributed by atoms with Gasteiger partial charge in [-0.1, -0.05) is 30.3 Å². The average Bonchev–Trinajstić information content (AvgIpc) is 2.56. The van der Waals surface area contributed by atoms with Crippen LogP contribution in [-0.2, 0) is 11.3 Å². The summed E-state index contributed by atoms with van der Waals surface area (Å²) >= 11 is 0. The summed E-state index contributed by atoms with van der Waals surface area (Å²) in [5, 5.41) is 11.6. The fourth-order valence-corrected chi connectivity index (χ4v) is 2.54. The van der Waals surface area contributed by atoms with Gasteiger partial charge in [0.1, 0.15) is 25.5 Å². The summed E-state index contributed by atoms with van der Waals surface area (Å²) in [4.78, 5) is 24.0. The van der Waals surface area contributed by atoms with Gasteiger partial charge >= 0.3 is 12.2 Å². The molecule has 25 heavy (non-hydrogen) atoms. The van der Waals surface area contributed by atoms with Crippen LogP contribution < -0.4 is 5.32 Å². The maximum Gasteiger partial charge on any atom is 0.408 e. The first-order valence-corrected chi connectivity index (χ1v) is 7.76. The van der Waals surface area contributed by atoms with E-state index in [9.17, 15) is 23.5 Å². The van der Waals surface area contributed by atoms with Gasteiger partial charge in [0, 0.05) is 12.1 Å². The molecular formula is C17H24F2N2O4. The lowest BCUT2D eigenvalue weighted by Gasteiger charge is -2.46. The molecule has 0 aliphatic rings. The van der Waals surface area contributed by atoms with Gasteiger partial charge in [-0.2, -0.15) is 0 Å². The summed E-state index contributed by atoms with van der Waals surface area (Å²) in [7, 11) is 0. The second-order valence-corrected chi connectivity index (χ2v) is 6.70. The summed E-state index contributed by atoms with van der Waals surface area (Å²) in [5.74, 6) is 0. The van der Waals surface area contributed by atoms with Crippen LogP contribution in [0.5, 0.6) is 0 Å². The van der Waals surface area contributed by atoms with E-state index in [0.717, 1.165) is 5.56 Å². The molecule has 140 valence electrons. The number of rotatable bonds is 7. The zero-order valence-electron chi connectivity index (χ0n) is 14.6. The zero-order chi connectivity index (χ0) is 19.1. The second-order valence-electron chi connectivity index (χ2n) is 6.70. The Morgan fingerprint density at radius 1 is 1.16 bits per heavy atom. The highest BCUT2D eigenvalue weighted by Crippen LogP contribution is 2.27. The van der Waals surface area contributed by atoms with E-state index in [2.05, 4.69) is 5.32 Å². The molecule has 8 heteroatoms. The molecular weight excluding hydrogens is 334 g/mol. The van der Waals surface area contributed by atoms with Gasteiger partial charge in [-0.15, -0.1) is 0 Å². The van der Waals surface area contributed by atoms with E-state index < -0.39 is 43.2 Å². The Morgan fingerprint density at radius 2 is 1.72 bits per heavy atom. The molecule has 0 heterocycles. The molecule has 0 saturated heterocycles. The third kappa shape index (κ3) is 5.58. The minimum absolute atomic E-state index is 0.00710. The van der Waals surface area contributed by atoms with Gasteiger partial charge in [0.15, 0.2) is 0 Å². The van der Waals surface area contributed by atoms with Crippen LogP contribution in [0.2, 0.25) is 0 Å². The van der Waals surface area contributed by atoms with E-state index in [1.807, 2.05) is 6.07 Å². The molecule has 0 fully saturated rings. The van der Waals surface area contributed by atoms with Crippen molar-refractivity contribution >= 4 is 12.2 Å². The summed E-state index contributed by atoms with van der Waals surface area (Å²) in [5.41, 5.74) is -2.32. The van der Waals surface area contributed by atoms with Crippen LogP contribution in [0.1, 0.15) is 26.3 Å². The molecule has 0 aliphatic carbocycles. The largest absolute Gasteiger partial charge is 0.465 e. The first kappa shape index (κ1) is 20.7. The molecule has 2 amide bonds. The smallest absolute Gasteiger partial charge is 0.408 e. The number of alkyl halides is 2. The Kier molecular flexibility index (Phi) is 7.14. The van der Waals surface area contributed by atoms with Crippen molar-refractivity contribution in [1.29, 1.82) is 0 Å². The average molecular weight is 358 g/mol. The highest BCUT2D eigenvalue weighted by atomic mass is 19.1. The monoisotopic (exact) mass is 358 g/mol. The number of hydrogen-bond acceptors (Lipinski definition) is 3. The lowest BCUT2D eigenvalue weighted by molar-refractivity contribution is -0.0115. The number of benzene rings is 1. The van der Waals surface area contributed by atoms with E-state index in [1.54, 1.807) is 24.3 Å². The van der Waals surface area contributed by atoms with E-state index in [0.29, 0.717) is 4.90 Å². The molecule has 1 rings (SSSR count). The quantitative estimate of drug-likeness (QED) is 0.783. The fourth-order valence-electron chi connectivity index (χ4n) is 2.54. The standard InChI is InChI=1S/C17H24F2N2O4/c1-16(2,3)21(15(23)24)17(10-18,11-19)12-20-14(22)25-9-13-7-5-4-6-8-13/h4-8H,9-12H2,1-3H3,(H,20,22)(H,23,24). The van der Waals surface area contributed by atoms with Crippen LogP contribution in [-0.4, -0.2) is 53.2 Å². The zero-order valence-corrected chi connectivity index (χ0v) is 14.6. The summed E-state index contributed by atoms with van der Waals surface area (Å²) in [6.45, 7) is 1.45. The van der Waals surface area contributed by atoms with Gasteiger partial charge in [-0.25, -0.2) is 18.4 Å². The van der Waals surface area contributed by atoms with Gasteiger partial charge in [0.05, 0.1) is 0 Å². The molecule has 0 bridgehead atoms. The van der Waals surface area contributed by atoms with Crippen molar-refractivity contribution in [2.24, 2.45) is 0 Å². The predicted octanol–water partition coefficient (Wildman–Crippen LogP) is 3.37. The van der Waals surface area contributed by atoms with Crippen molar-refractivity contribution in [3.05, 3.63) is 35.9 Å². The summed E-state index contributed by atoms with van der Waals surface area (Å²) < 4.78 is 32.2. The molecule has 2 N–H and O–H groups in total. The van der Waals surface area contributed by atoms with E-state index in [1.165, 1.54) is 20.8 Å². The highest BCUT2D eigenvalue weighted by Gasteiger charge is 2.46. The maximum atomic E-state index is 13.6. The van der Waals surface area contributed by atoms with Crippen molar-refractivity contribution < 1.29 is 28.2 Å². The Bertz CT molecular complexity index is 572. The van der Waals surface area contributed by atoms with Crippen LogP contribution in [0, 0.1) is 0 Å². The van der Waals surface area contributed by atoms with Gasteiger partial charge in [-0.05, 0) is 26.3 Å². The Hall–Kier alpha value is -2.38. The molecule has 0 atom stereocenters. The molecule has 1 aromatic rings. The highest BCUT2D eigenvalue weighted by molar-refractivity contribution is 5.69. The van der Waals surface area contributed by atoms with Crippen LogP contribution >= 0.6 is 0 Å². The van der Waals surface area contributed by atoms with E-state index in [4.69, 9.17) is 4.74 Å². The minimum Gasteiger partial charge on any atom is -0.465 e. The number of halogens is 2. The normalized spacial score (nSPS) is 11.7. The van der Waals surface area contributed by atoms with Gasteiger partial charge < -0.3 is 15.2 Å². The number of carbonyl (C=O) groups is 2. The maximum absolute atomic E-state index is 13.6. The lowest BCUT2D eigenvalue weighted by Crippen LogP contribution is -2.66. The third-order valence-electron chi connectivity index (χ3n) is 3.61. The SMILES string of the molecule is CC(C)(C)N(C(=O)O)C(CF)(CF)CNC(=O)OCc1ccccc1. The number of amides is 2. The van der Waals surface area contributed by atoms with Gasteiger partial charge in [-0.3, -0.25) is 4.90 Å². The topological polar surface area (TPSA) is 78.9 Å². The molecule has 0 aromatic heterocycles. The molecule has 0 unspecified atom stereocenters.